The molecule has 1 atom stereocenters. The van der Waals surface area contributed by atoms with Crippen LogP contribution in [0.4, 0.5) is 0 Å². The zero-order valence-electron chi connectivity index (χ0n) is 10.4. The van der Waals surface area contributed by atoms with E-state index in [1.165, 1.54) is 32.1 Å². The lowest BCUT2D eigenvalue weighted by Gasteiger charge is -2.25. The predicted octanol–water partition coefficient (Wildman–Crippen LogP) is 3.58. The van der Waals surface area contributed by atoms with Crippen molar-refractivity contribution in [1.29, 1.82) is 0 Å². The molecule has 0 saturated heterocycles. The lowest BCUT2D eigenvalue weighted by Crippen LogP contribution is -2.17. The first-order valence-corrected chi connectivity index (χ1v) is 7.35. The van der Waals surface area contributed by atoms with Gasteiger partial charge in [0.05, 0.1) is 22.5 Å². The van der Waals surface area contributed by atoms with Gasteiger partial charge in [-0.2, -0.15) is 5.10 Å². The van der Waals surface area contributed by atoms with Crippen molar-refractivity contribution >= 4 is 15.9 Å². The summed E-state index contributed by atoms with van der Waals surface area (Å²) in [6, 6.07) is 0. The first kappa shape index (κ1) is 13.1. The highest BCUT2D eigenvalue weighted by atomic mass is 79.9. The lowest BCUT2D eigenvalue weighted by atomic mass is 9.86. The number of halogens is 1. The van der Waals surface area contributed by atoms with Crippen molar-refractivity contribution in [3.05, 3.63) is 16.4 Å². The van der Waals surface area contributed by atoms with Crippen molar-refractivity contribution < 1.29 is 5.11 Å². The summed E-state index contributed by atoms with van der Waals surface area (Å²) in [5.41, 5.74) is 0.926. The van der Waals surface area contributed by atoms with Gasteiger partial charge in [-0.05, 0) is 34.7 Å². The molecule has 0 bridgehead atoms. The van der Waals surface area contributed by atoms with Crippen molar-refractivity contribution in [3.63, 3.8) is 0 Å². The fraction of sp³-hybridized carbons (Fsp3) is 0.769. The van der Waals surface area contributed by atoms with E-state index >= 15 is 0 Å². The van der Waals surface area contributed by atoms with Crippen molar-refractivity contribution in [3.8, 4) is 0 Å². The summed E-state index contributed by atoms with van der Waals surface area (Å²) in [5.74, 6) is 0.391. The average molecular weight is 301 g/mol. The van der Waals surface area contributed by atoms with Gasteiger partial charge in [0.2, 0.25) is 0 Å². The number of aliphatic hydroxyl groups excluding tert-OH is 1. The Bertz CT molecular complexity index is 337. The smallest absolute Gasteiger partial charge is 0.0996 e. The van der Waals surface area contributed by atoms with E-state index in [-0.39, 0.29) is 6.10 Å². The van der Waals surface area contributed by atoms with E-state index < -0.39 is 0 Å². The van der Waals surface area contributed by atoms with Crippen molar-refractivity contribution in [2.45, 2.75) is 51.0 Å². The quantitative estimate of drug-likeness (QED) is 0.906. The first-order valence-electron chi connectivity index (χ1n) is 6.55. The van der Waals surface area contributed by atoms with Crippen LogP contribution in [0.2, 0.25) is 0 Å². The maximum atomic E-state index is 10.5. The van der Waals surface area contributed by atoms with E-state index in [4.69, 9.17) is 0 Å². The second-order valence-electron chi connectivity index (χ2n) is 5.05. The van der Waals surface area contributed by atoms with Gasteiger partial charge < -0.3 is 5.11 Å². The molecular formula is C13H21BrN2O. The monoisotopic (exact) mass is 300 g/mol. The Balaban J connectivity index is 2.09. The fourth-order valence-corrected chi connectivity index (χ4v) is 3.36. The summed E-state index contributed by atoms with van der Waals surface area (Å²) >= 11 is 3.48. The molecule has 4 heteroatoms. The molecule has 0 aromatic carbocycles. The molecule has 1 fully saturated rings. The zero-order valence-corrected chi connectivity index (χ0v) is 12.0. The maximum absolute atomic E-state index is 10.5. The van der Waals surface area contributed by atoms with Crippen LogP contribution < -0.4 is 0 Å². The van der Waals surface area contributed by atoms with Crippen molar-refractivity contribution in [2.24, 2.45) is 13.0 Å². The van der Waals surface area contributed by atoms with E-state index in [1.54, 1.807) is 10.9 Å². The van der Waals surface area contributed by atoms with E-state index in [0.29, 0.717) is 5.92 Å². The van der Waals surface area contributed by atoms with Crippen LogP contribution in [0.3, 0.4) is 0 Å². The summed E-state index contributed by atoms with van der Waals surface area (Å²) in [7, 11) is 1.90. The molecule has 0 aliphatic heterocycles. The van der Waals surface area contributed by atoms with Crippen molar-refractivity contribution in [2.75, 3.05) is 0 Å². The third-order valence-corrected chi connectivity index (χ3v) is 4.43. The summed E-state index contributed by atoms with van der Waals surface area (Å²) < 4.78 is 2.71. The number of nitrogens with zero attached hydrogens (tertiary/aromatic N) is 2. The highest BCUT2D eigenvalue weighted by Gasteiger charge is 2.25. The minimum atomic E-state index is -0.380. The minimum absolute atomic E-state index is 0.380. The molecule has 3 nitrogen and oxygen atoms in total. The van der Waals surface area contributed by atoms with Crippen LogP contribution >= 0.6 is 15.9 Å². The lowest BCUT2D eigenvalue weighted by molar-refractivity contribution is 0.0833. The number of aliphatic hydroxyl groups is 1. The van der Waals surface area contributed by atoms with Gasteiger partial charge in [-0.3, -0.25) is 4.68 Å². The molecule has 0 spiro atoms. The van der Waals surface area contributed by atoms with Gasteiger partial charge in [0.25, 0.3) is 0 Å². The summed E-state index contributed by atoms with van der Waals surface area (Å²) in [5, 5.41) is 14.7. The molecule has 1 N–H and O–H groups in total. The second-order valence-corrected chi connectivity index (χ2v) is 5.91. The number of hydrogen-bond donors (Lipinski definition) is 1. The molecule has 1 aliphatic rings. The van der Waals surface area contributed by atoms with Crippen LogP contribution in [0.15, 0.2) is 10.7 Å². The Hall–Kier alpha value is -0.350. The second kappa shape index (κ2) is 6.01. The minimum Gasteiger partial charge on any atom is -0.386 e. The van der Waals surface area contributed by atoms with Crippen molar-refractivity contribution in [1.82, 2.24) is 9.78 Å². The van der Waals surface area contributed by atoms with E-state index in [0.717, 1.165) is 23.0 Å². The molecule has 0 radical (unpaired) electrons. The normalized spacial score (nSPS) is 20.9. The molecule has 1 unspecified atom stereocenters. The zero-order chi connectivity index (χ0) is 12.3. The number of aryl methyl sites for hydroxylation is 1. The van der Waals surface area contributed by atoms with Gasteiger partial charge in [-0.15, -0.1) is 0 Å². The predicted molar refractivity (Wildman–Crippen MR) is 71.7 cm³/mol. The summed E-state index contributed by atoms with van der Waals surface area (Å²) in [6.45, 7) is 0. The summed E-state index contributed by atoms with van der Waals surface area (Å²) in [4.78, 5) is 0. The third-order valence-electron chi connectivity index (χ3n) is 3.81. The van der Waals surface area contributed by atoms with E-state index in [1.807, 2.05) is 7.05 Å². The molecular weight excluding hydrogens is 280 g/mol. The molecule has 17 heavy (non-hydrogen) atoms. The maximum Gasteiger partial charge on any atom is 0.0996 e. The van der Waals surface area contributed by atoms with Gasteiger partial charge in [0.1, 0.15) is 0 Å². The Kier molecular flexibility index (Phi) is 4.62. The Labute approximate surface area is 111 Å². The topological polar surface area (TPSA) is 38.0 Å². The van der Waals surface area contributed by atoms with E-state index in [9.17, 15) is 5.11 Å². The van der Waals surface area contributed by atoms with E-state index in [2.05, 4.69) is 21.0 Å². The fourth-order valence-electron chi connectivity index (χ4n) is 2.78. The molecule has 1 saturated carbocycles. The van der Waals surface area contributed by atoms with Crippen LogP contribution in [0.5, 0.6) is 0 Å². The number of rotatable bonds is 2. The number of aromatic nitrogens is 2. The van der Waals surface area contributed by atoms with Gasteiger partial charge in [0, 0.05) is 7.05 Å². The van der Waals surface area contributed by atoms with Gasteiger partial charge in [0.15, 0.2) is 0 Å². The van der Waals surface area contributed by atoms with Crippen LogP contribution in [0, 0.1) is 5.92 Å². The molecule has 1 heterocycles. The van der Waals surface area contributed by atoms with Crippen LogP contribution in [0.1, 0.15) is 56.7 Å². The molecule has 1 aromatic heterocycles. The highest BCUT2D eigenvalue weighted by Crippen LogP contribution is 2.35. The third kappa shape index (κ3) is 3.10. The molecule has 2 rings (SSSR count). The molecule has 1 aliphatic carbocycles. The average Bonchev–Trinajstić information content (AvgIpc) is 2.57. The largest absolute Gasteiger partial charge is 0.386 e. The summed E-state index contributed by atoms with van der Waals surface area (Å²) in [6.07, 6.45) is 10.1. The SMILES string of the molecule is Cn1ncc(Br)c1C(O)C1CCCCCCC1. The molecule has 0 amide bonds. The molecule has 96 valence electrons. The Morgan fingerprint density at radius 1 is 1.29 bits per heavy atom. The number of hydrogen-bond acceptors (Lipinski definition) is 2. The van der Waals surface area contributed by atoms with Gasteiger partial charge in [-0.1, -0.05) is 32.1 Å². The standard InChI is InChI=1S/C13H21BrN2O/c1-16-12(11(14)9-15-16)13(17)10-7-5-3-2-4-6-8-10/h9-10,13,17H,2-8H2,1H3. The Morgan fingerprint density at radius 3 is 2.41 bits per heavy atom. The first-order chi connectivity index (χ1) is 8.20. The van der Waals surface area contributed by atoms with Gasteiger partial charge in [-0.25, -0.2) is 0 Å². The van der Waals surface area contributed by atoms with Crippen LogP contribution in [0.25, 0.3) is 0 Å². The van der Waals surface area contributed by atoms with Crippen LogP contribution in [-0.2, 0) is 7.05 Å². The van der Waals surface area contributed by atoms with Gasteiger partial charge >= 0.3 is 0 Å². The highest BCUT2D eigenvalue weighted by molar-refractivity contribution is 9.10. The Morgan fingerprint density at radius 2 is 1.88 bits per heavy atom. The van der Waals surface area contributed by atoms with Crippen LogP contribution in [-0.4, -0.2) is 14.9 Å². The molecule has 1 aromatic rings.